The van der Waals surface area contributed by atoms with Crippen molar-refractivity contribution < 1.29 is 14.0 Å². The van der Waals surface area contributed by atoms with Gasteiger partial charge in [0.25, 0.3) is 5.91 Å². The maximum Gasteiger partial charge on any atom is 0.286 e. The van der Waals surface area contributed by atoms with E-state index in [2.05, 4.69) is 4.99 Å². The fraction of sp³-hybridized carbons (Fsp3) is 0.125. The molecule has 5 nitrogen and oxygen atoms in total. The highest BCUT2D eigenvalue weighted by atomic mass is 32.2. The third-order valence-corrected chi connectivity index (χ3v) is 5.94. The predicted octanol–water partition coefficient (Wildman–Crippen LogP) is 5.26. The molecule has 1 aliphatic heterocycles. The Bertz CT molecular complexity index is 1230. The molecule has 156 valence electrons. The van der Waals surface area contributed by atoms with E-state index in [0.717, 1.165) is 22.6 Å². The molecule has 0 bridgehead atoms. The molecule has 4 rings (SSSR count). The van der Waals surface area contributed by atoms with Crippen LogP contribution in [0.25, 0.3) is 11.8 Å². The largest absolute Gasteiger partial charge is 0.318 e. The maximum absolute atomic E-state index is 13.3. The summed E-state index contributed by atoms with van der Waals surface area (Å²) in [4.78, 5) is 30.8. The Morgan fingerprint density at radius 1 is 1.10 bits per heavy atom. The summed E-state index contributed by atoms with van der Waals surface area (Å²) in [5.74, 6) is -0.894. The Balaban J connectivity index is 1.66. The minimum atomic E-state index is -0.381. The van der Waals surface area contributed by atoms with Crippen molar-refractivity contribution in [2.75, 3.05) is 4.90 Å². The van der Waals surface area contributed by atoms with Crippen molar-refractivity contribution in [1.82, 2.24) is 4.57 Å². The van der Waals surface area contributed by atoms with Gasteiger partial charge in [-0.05, 0) is 79.7 Å². The highest BCUT2D eigenvalue weighted by molar-refractivity contribution is 8.19. The summed E-state index contributed by atoms with van der Waals surface area (Å²) in [6, 6.07) is 17.4. The first-order chi connectivity index (χ1) is 14.8. The number of aliphatic imine (C=N–C) groups is 1. The highest BCUT2D eigenvalue weighted by Crippen LogP contribution is 2.34. The second-order valence-corrected chi connectivity index (χ2v) is 8.15. The van der Waals surface area contributed by atoms with E-state index in [1.807, 2.05) is 42.7 Å². The summed E-state index contributed by atoms with van der Waals surface area (Å²) < 4.78 is 15.3. The number of benzene rings is 2. The molecule has 2 aromatic carbocycles. The van der Waals surface area contributed by atoms with Crippen LogP contribution in [0.1, 0.15) is 23.9 Å². The van der Waals surface area contributed by atoms with Gasteiger partial charge < -0.3 is 4.57 Å². The van der Waals surface area contributed by atoms with E-state index in [0.29, 0.717) is 15.8 Å². The van der Waals surface area contributed by atoms with Crippen LogP contribution in [0, 0.1) is 19.7 Å². The number of anilines is 1. The van der Waals surface area contributed by atoms with Crippen molar-refractivity contribution in [3.8, 4) is 5.69 Å². The Labute approximate surface area is 183 Å². The summed E-state index contributed by atoms with van der Waals surface area (Å²) >= 11 is 1.17. The number of hydrogen-bond donors (Lipinski definition) is 0. The number of hydrogen-bond acceptors (Lipinski definition) is 3. The van der Waals surface area contributed by atoms with Crippen LogP contribution in [0.2, 0.25) is 0 Å². The first-order valence-corrected chi connectivity index (χ1v) is 10.5. The molecule has 1 aliphatic rings. The van der Waals surface area contributed by atoms with E-state index in [-0.39, 0.29) is 17.6 Å². The summed E-state index contributed by atoms with van der Waals surface area (Å²) in [6.07, 6.45) is 1.79. The van der Waals surface area contributed by atoms with Crippen molar-refractivity contribution in [1.29, 1.82) is 0 Å². The maximum atomic E-state index is 13.3. The SMILES string of the molecule is CC(=O)N(C1=NC(=O)/C(=C/c2cc(C)n(-c3ccc(F)cc3)c2C)S1)c1ccccc1. The lowest BCUT2D eigenvalue weighted by molar-refractivity contribution is -0.115. The van der Waals surface area contributed by atoms with Crippen LogP contribution in [0.15, 0.2) is 70.6 Å². The summed E-state index contributed by atoms with van der Waals surface area (Å²) in [7, 11) is 0. The zero-order valence-corrected chi connectivity index (χ0v) is 18.1. The number of thioether (sulfide) groups is 1. The number of aromatic nitrogens is 1. The molecule has 0 unspecified atom stereocenters. The predicted molar refractivity (Wildman–Crippen MR) is 123 cm³/mol. The van der Waals surface area contributed by atoms with Crippen LogP contribution in [0.3, 0.4) is 0 Å². The summed E-state index contributed by atoms with van der Waals surface area (Å²) in [6.45, 7) is 5.34. The Morgan fingerprint density at radius 2 is 1.77 bits per heavy atom. The minimum absolute atomic E-state index is 0.221. The summed E-state index contributed by atoms with van der Waals surface area (Å²) in [5, 5.41) is 0.335. The molecule has 0 fully saturated rings. The van der Waals surface area contributed by atoms with Crippen molar-refractivity contribution in [3.05, 3.63) is 88.3 Å². The van der Waals surface area contributed by atoms with E-state index < -0.39 is 0 Å². The molecule has 1 aromatic heterocycles. The lowest BCUT2D eigenvalue weighted by Crippen LogP contribution is -2.32. The van der Waals surface area contributed by atoms with Crippen LogP contribution < -0.4 is 4.90 Å². The van der Waals surface area contributed by atoms with Gasteiger partial charge in [0, 0.05) is 24.0 Å². The van der Waals surface area contributed by atoms with Crippen LogP contribution in [-0.2, 0) is 9.59 Å². The molecular weight excluding hydrogens is 413 g/mol. The van der Waals surface area contributed by atoms with Gasteiger partial charge in [0.2, 0.25) is 5.91 Å². The molecular formula is C24H20FN3O2S. The quantitative estimate of drug-likeness (QED) is 0.530. The number of carbonyl (C=O) groups excluding carboxylic acids is 2. The highest BCUT2D eigenvalue weighted by Gasteiger charge is 2.29. The van der Waals surface area contributed by atoms with Crippen LogP contribution in [0.5, 0.6) is 0 Å². The smallest absolute Gasteiger partial charge is 0.286 e. The molecule has 0 spiro atoms. The van der Waals surface area contributed by atoms with Crippen molar-refractivity contribution >= 4 is 40.5 Å². The van der Waals surface area contributed by atoms with Gasteiger partial charge in [0.05, 0.1) is 10.6 Å². The van der Waals surface area contributed by atoms with Gasteiger partial charge in [-0.1, -0.05) is 18.2 Å². The van der Waals surface area contributed by atoms with Crippen molar-refractivity contribution in [2.45, 2.75) is 20.8 Å². The van der Waals surface area contributed by atoms with Gasteiger partial charge in [0.15, 0.2) is 5.17 Å². The van der Waals surface area contributed by atoms with Crippen molar-refractivity contribution in [2.24, 2.45) is 4.99 Å². The first-order valence-electron chi connectivity index (χ1n) is 9.68. The Kier molecular flexibility index (Phi) is 5.61. The van der Waals surface area contributed by atoms with Crippen LogP contribution >= 0.6 is 11.8 Å². The fourth-order valence-corrected chi connectivity index (χ4v) is 4.53. The molecule has 0 saturated carbocycles. The van der Waals surface area contributed by atoms with E-state index in [1.54, 1.807) is 30.3 Å². The fourth-order valence-electron chi connectivity index (χ4n) is 3.56. The topological polar surface area (TPSA) is 54.7 Å². The molecule has 3 aromatic rings. The van der Waals surface area contributed by atoms with E-state index >= 15 is 0 Å². The number of amidine groups is 1. The standard InChI is InChI=1S/C24H20FN3O2S/c1-15-13-18(16(2)27(15)21-11-9-19(25)10-12-21)14-22-23(30)26-24(31-22)28(17(3)29)20-7-5-4-6-8-20/h4-14H,1-3H3/b22-14-. The van der Waals surface area contributed by atoms with Gasteiger partial charge >= 0.3 is 0 Å². The molecule has 31 heavy (non-hydrogen) atoms. The number of para-hydroxylation sites is 1. The third-order valence-electron chi connectivity index (χ3n) is 4.97. The second-order valence-electron chi connectivity index (χ2n) is 7.14. The number of rotatable bonds is 3. The third kappa shape index (κ3) is 4.09. The molecule has 0 saturated heterocycles. The molecule has 2 heterocycles. The second kappa shape index (κ2) is 8.35. The van der Waals surface area contributed by atoms with Gasteiger partial charge in [-0.3, -0.25) is 14.5 Å². The summed E-state index contributed by atoms with van der Waals surface area (Å²) in [5.41, 5.74) is 4.25. The van der Waals surface area contributed by atoms with Crippen LogP contribution in [0.4, 0.5) is 10.1 Å². The normalized spacial score (nSPS) is 14.8. The molecule has 2 amide bonds. The zero-order valence-electron chi connectivity index (χ0n) is 17.3. The monoisotopic (exact) mass is 433 g/mol. The average Bonchev–Trinajstić information content (AvgIpc) is 3.22. The molecule has 0 aliphatic carbocycles. The Morgan fingerprint density at radius 3 is 2.42 bits per heavy atom. The molecule has 7 heteroatoms. The van der Waals surface area contributed by atoms with Crippen molar-refractivity contribution in [3.63, 3.8) is 0 Å². The minimum Gasteiger partial charge on any atom is -0.318 e. The van der Waals surface area contributed by atoms with E-state index in [4.69, 9.17) is 0 Å². The number of aryl methyl sites for hydroxylation is 1. The number of nitrogens with zero attached hydrogens (tertiary/aromatic N) is 3. The van der Waals surface area contributed by atoms with Gasteiger partial charge in [-0.15, -0.1) is 0 Å². The lowest BCUT2D eigenvalue weighted by atomic mass is 10.2. The van der Waals surface area contributed by atoms with Gasteiger partial charge in [-0.25, -0.2) is 4.39 Å². The first kappa shape index (κ1) is 20.8. The number of amides is 2. The molecule has 0 atom stereocenters. The number of carbonyl (C=O) groups is 2. The number of halogens is 1. The average molecular weight is 434 g/mol. The molecule has 0 radical (unpaired) electrons. The van der Waals surface area contributed by atoms with E-state index in [9.17, 15) is 14.0 Å². The Hall–Kier alpha value is -3.45. The zero-order chi connectivity index (χ0) is 22.1. The van der Waals surface area contributed by atoms with Gasteiger partial charge in [-0.2, -0.15) is 4.99 Å². The van der Waals surface area contributed by atoms with Crippen LogP contribution in [-0.4, -0.2) is 21.5 Å². The molecule has 0 N–H and O–H groups in total. The van der Waals surface area contributed by atoms with Gasteiger partial charge in [0.1, 0.15) is 5.82 Å². The lowest BCUT2D eigenvalue weighted by Gasteiger charge is -2.19. The van der Waals surface area contributed by atoms with E-state index in [1.165, 1.54) is 35.7 Å².